The molecule has 0 saturated carbocycles. The molecule has 5 nitrogen and oxygen atoms in total. The van der Waals surface area contributed by atoms with Crippen molar-refractivity contribution in [1.29, 1.82) is 0 Å². The van der Waals surface area contributed by atoms with Gasteiger partial charge in [-0.2, -0.15) is 0 Å². The van der Waals surface area contributed by atoms with Crippen LogP contribution in [0.2, 0.25) is 5.02 Å². The number of nitrogens with one attached hydrogen (secondary N) is 3. The van der Waals surface area contributed by atoms with Crippen LogP contribution in [-0.2, 0) is 0 Å². The Bertz CT molecular complexity index is 763. The van der Waals surface area contributed by atoms with E-state index in [0.717, 1.165) is 0 Å². The third-order valence-corrected chi connectivity index (χ3v) is 3.50. The number of rotatable bonds is 4. The van der Waals surface area contributed by atoms with Crippen molar-refractivity contribution in [1.82, 2.24) is 10.6 Å². The molecular formula is C17H16ClN3O2S. The summed E-state index contributed by atoms with van der Waals surface area (Å²) in [5, 5.41) is 8.81. The number of halogens is 1. The first-order valence-corrected chi connectivity index (χ1v) is 8.04. The largest absolute Gasteiger partial charge is 0.352 e. The average Bonchev–Trinajstić information content (AvgIpc) is 2.55. The van der Waals surface area contributed by atoms with Crippen molar-refractivity contribution in [2.45, 2.75) is 6.92 Å². The van der Waals surface area contributed by atoms with Crippen LogP contribution >= 0.6 is 23.8 Å². The maximum Gasteiger partial charge on any atom is 0.257 e. The molecule has 0 spiro atoms. The molecule has 0 fully saturated rings. The minimum atomic E-state index is -0.353. The number of hydrogen-bond donors (Lipinski definition) is 3. The first kappa shape index (κ1) is 17.9. The van der Waals surface area contributed by atoms with Crippen LogP contribution < -0.4 is 16.0 Å². The van der Waals surface area contributed by atoms with Gasteiger partial charge in [-0.1, -0.05) is 17.7 Å². The zero-order valence-electron chi connectivity index (χ0n) is 12.9. The van der Waals surface area contributed by atoms with Gasteiger partial charge in [-0.25, -0.2) is 0 Å². The van der Waals surface area contributed by atoms with E-state index in [2.05, 4.69) is 16.0 Å². The topological polar surface area (TPSA) is 70.2 Å². The van der Waals surface area contributed by atoms with Crippen molar-refractivity contribution in [3.05, 3.63) is 64.7 Å². The normalized spacial score (nSPS) is 9.92. The molecule has 24 heavy (non-hydrogen) atoms. The summed E-state index contributed by atoms with van der Waals surface area (Å²) in [6.45, 7) is 2.42. The summed E-state index contributed by atoms with van der Waals surface area (Å²) < 4.78 is 0. The van der Waals surface area contributed by atoms with E-state index in [0.29, 0.717) is 28.4 Å². The Kier molecular flexibility index (Phi) is 6.28. The van der Waals surface area contributed by atoms with Gasteiger partial charge in [0, 0.05) is 28.4 Å². The SMILES string of the molecule is CCNC(=O)c1ccc(NC(=S)NC(=O)c2cccc(Cl)c2)cc1. The van der Waals surface area contributed by atoms with Crippen molar-refractivity contribution in [2.24, 2.45) is 0 Å². The van der Waals surface area contributed by atoms with Gasteiger partial charge in [0.05, 0.1) is 0 Å². The minimum Gasteiger partial charge on any atom is -0.352 e. The van der Waals surface area contributed by atoms with Crippen LogP contribution in [0.1, 0.15) is 27.6 Å². The van der Waals surface area contributed by atoms with E-state index in [1.807, 2.05) is 6.92 Å². The molecule has 0 bridgehead atoms. The molecule has 7 heteroatoms. The first-order valence-electron chi connectivity index (χ1n) is 7.25. The zero-order valence-corrected chi connectivity index (χ0v) is 14.5. The van der Waals surface area contributed by atoms with E-state index in [-0.39, 0.29) is 16.9 Å². The summed E-state index contributed by atoms with van der Waals surface area (Å²) in [6, 6.07) is 13.3. The van der Waals surface area contributed by atoms with Gasteiger partial charge in [0.15, 0.2) is 5.11 Å². The summed E-state index contributed by atoms with van der Waals surface area (Å²) in [4.78, 5) is 23.7. The second kappa shape index (κ2) is 8.42. The Labute approximate surface area is 150 Å². The van der Waals surface area contributed by atoms with Gasteiger partial charge >= 0.3 is 0 Å². The molecule has 0 unspecified atom stereocenters. The van der Waals surface area contributed by atoms with Crippen LogP contribution in [0.3, 0.4) is 0 Å². The lowest BCUT2D eigenvalue weighted by Crippen LogP contribution is -2.34. The van der Waals surface area contributed by atoms with Crippen molar-refractivity contribution in [3.63, 3.8) is 0 Å². The van der Waals surface area contributed by atoms with Crippen molar-refractivity contribution < 1.29 is 9.59 Å². The van der Waals surface area contributed by atoms with Crippen molar-refractivity contribution in [2.75, 3.05) is 11.9 Å². The van der Waals surface area contributed by atoms with Crippen LogP contribution in [-0.4, -0.2) is 23.5 Å². The smallest absolute Gasteiger partial charge is 0.257 e. The second-order valence-electron chi connectivity index (χ2n) is 4.86. The van der Waals surface area contributed by atoms with Crippen LogP contribution in [0.15, 0.2) is 48.5 Å². The summed E-state index contributed by atoms with van der Waals surface area (Å²) in [5.41, 5.74) is 1.63. The first-order chi connectivity index (χ1) is 11.5. The van der Waals surface area contributed by atoms with Crippen LogP contribution in [0.5, 0.6) is 0 Å². The average molecular weight is 362 g/mol. The van der Waals surface area contributed by atoms with Gasteiger partial charge in [0.25, 0.3) is 11.8 Å². The molecule has 2 aromatic carbocycles. The lowest BCUT2D eigenvalue weighted by Gasteiger charge is -2.10. The standard InChI is InChI=1S/C17H16ClN3O2S/c1-2-19-15(22)11-6-8-14(9-7-11)20-17(24)21-16(23)12-4-3-5-13(18)10-12/h3-10H,2H2,1H3,(H,19,22)(H2,20,21,23,24). The van der Waals surface area contributed by atoms with E-state index < -0.39 is 0 Å². The number of thiocarbonyl (C=S) groups is 1. The molecule has 0 aliphatic heterocycles. The lowest BCUT2D eigenvalue weighted by molar-refractivity contribution is 0.0953. The number of amides is 2. The molecule has 2 aromatic rings. The highest BCUT2D eigenvalue weighted by atomic mass is 35.5. The molecule has 0 aromatic heterocycles. The van der Waals surface area contributed by atoms with Crippen LogP contribution in [0, 0.1) is 0 Å². The molecule has 0 saturated heterocycles. The van der Waals surface area contributed by atoms with Crippen LogP contribution in [0.4, 0.5) is 5.69 Å². The fourth-order valence-electron chi connectivity index (χ4n) is 1.93. The van der Waals surface area contributed by atoms with Gasteiger partial charge in [-0.15, -0.1) is 0 Å². The van der Waals surface area contributed by atoms with Gasteiger partial charge in [-0.3, -0.25) is 14.9 Å². The third-order valence-electron chi connectivity index (χ3n) is 3.06. The molecule has 2 amide bonds. The fraction of sp³-hybridized carbons (Fsp3) is 0.118. The highest BCUT2D eigenvalue weighted by molar-refractivity contribution is 7.80. The Morgan fingerprint density at radius 2 is 1.75 bits per heavy atom. The van der Waals surface area contributed by atoms with Gasteiger partial charge < -0.3 is 10.6 Å². The molecule has 0 aliphatic rings. The quantitative estimate of drug-likeness (QED) is 0.731. The van der Waals surface area contributed by atoms with Gasteiger partial charge in [-0.05, 0) is 61.6 Å². The molecule has 0 heterocycles. The predicted molar refractivity (Wildman–Crippen MR) is 99.6 cm³/mol. The molecular weight excluding hydrogens is 346 g/mol. The maximum absolute atomic E-state index is 12.1. The fourth-order valence-corrected chi connectivity index (χ4v) is 2.34. The Morgan fingerprint density at radius 1 is 1.04 bits per heavy atom. The third kappa shape index (κ3) is 5.04. The Morgan fingerprint density at radius 3 is 2.38 bits per heavy atom. The molecule has 2 rings (SSSR count). The number of anilines is 1. The number of hydrogen-bond acceptors (Lipinski definition) is 3. The number of benzene rings is 2. The monoisotopic (exact) mass is 361 g/mol. The molecule has 3 N–H and O–H groups in total. The van der Waals surface area contributed by atoms with E-state index in [1.54, 1.807) is 48.5 Å². The van der Waals surface area contributed by atoms with E-state index in [4.69, 9.17) is 23.8 Å². The summed E-state index contributed by atoms with van der Waals surface area (Å²) in [7, 11) is 0. The summed E-state index contributed by atoms with van der Waals surface area (Å²) in [5.74, 6) is -0.491. The zero-order chi connectivity index (χ0) is 17.5. The number of carbonyl (C=O) groups is 2. The van der Waals surface area contributed by atoms with Crippen LogP contribution in [0.25, 0.3) is 0 Å². The molecule has 0 radical (unpaired) electrons. The van der Waals surface area contributed by atoms with E-state index in [1.165, 1.54) is 0 Å². The second-order valence-corrected chi connectivity index (χ2v) is 5.70. The lowest BCUT2D eigenvalue weighted by atomic mass is 10.2. The maximum atomic E-state index is 12.1. The van der Waals surface area contributed by atoms with E-state index in [9.17, 15) is 9.59 Å². The summed E-state index contributed by atoms with van der Waals surface area (Å²) in [6.07, 6.45) is 0. The van der Waals surface area contributed by atoms with Gasteiger partial charge in [0.2, 0.25) is 0 Å². The highest BCUT2D eigenvalue weighted by Crippen LogP contribution is 2.11. The Balaban J connectivity index is 1.94. The van der Waals surface area contributed by atoms with Crippen molar-refractivity contribution in [3.8, 4) is 0 Å². The Hall–Kier alpha value is -2.44. The van der Waals surface area contributed by atoms with E-state index >= 15 is 0 Å². The predicted octanol–water partition coefficient (Wildman–Crippen LogP) is 3.22. The van der Waals surface area contributed by atoms with Crippen molar-refractivity contribution >= 4 is 46.4 Å². The summed E-state index contributed by atoms with van der Waals surface area (Å²) >= 11 is 11.0. The number of carbonyl (C=O) groups excluding carboxylic acids is 2. The van der Waals surface area contributed by atoms with Gasteiger partial charge in [0.1, 0.15) is 0 Å². The minimum absolute atomic E-state index is 0.138. The molecule has 0 aliphatic carbocycles. The molecule has 124 valence electrons. The molecule has 0 atom stereocenters. The highest BCUT2D eigenvalue weighted by Gasteiger charge is 2.09.